The highest BCUT2D eigenvalue weighted by Crippen LogP contribution is 2.22. The van der Waals surface area contributed by atoms with Crippen LogP contribution in [0.15, 0.2) is 47.4 Å². The van der Waals surface area contributed by atoms with Gasteiger partial charge in [0.2, 0.25) is 10.0 Å². The van der Waals surface area contributed by atoms with Crippen molar-refractivity contribution < 1.29 is 22.7 Å². The summed E-state index contributed by atoms with van der Waals surface area (Å²) in [4.78, 5) is 24.1. The minimum atomic E-state index is -3.82. The molecule has 0 saturated carbocycles. The highest BCUT2D eigenvalue weighted by atomic mass is 35.5. The number of esters is 1. The van der Waals surface area contributed by atoms with Gasteiger partial charge < -0.3 is 10.1 Å². The lowest BCUT2D eigenvalue weighted by molar-refractivity contribution is -0.123. The quantitative estimate of drug-likeness (QED) is 0.726. The van der Waals surface area contributed by atoms with Gasteiger partial charge in [-0.3, -0.25) is 4.79 Å². The molecule has 0 saturated heterocycles. The fraction of sp³-hybridized carbons (Fsp3) is 0.125. The van der Waals surface area contributed by atoms with E-state index >= 15 is 0 Å². The predicted molar refractivity (Wildman–Crippen MR) is 97.8 cm³/mol. The number of hydrogen-bond donors (Lipinski definition) is 2. The van der Waals surface area contributed by atoms with Crippen molar-refractivity contribution in [2.24, 2.45) is 5.14 Å². The predicted octanol–water partition coefficient (Wildman–Crippen LogP) is 2.82. The SMILES string of the molecule is C[C@@H](OC(=O)c1cc(Cl)ccc1Cl)C(=O)Nc1ccc(S(N)(=O)=O)cc1. The van der Waals surface area contributed by atoms with Gasteiger partial charge in [0.05, 0.1) is 15.5 Å². The number of anilines is 1. The maximum atomic E-state index is 12.1. The molecule has 2 aromatic rings. The standard InChI is InChI=1S/C16H14Cl2N2O5S/c1-9(25-16(22)13-8-10(17)2-7-14(13)18)15(21)20-11-3-5-12(6-4-11)26(19,23)24/h2-9H,1H3,(H,20,21)(H2,19,23,24)/t9-/m1/s1. The Hall–Kier alpha value is -2.13. The van der Waals surface area contributed by atoms with Crippen LogP contribution in [0.4, 0.5) is 5.69 Å². The molecular formula is C16H14Cl2N2O5S. The fourth-order valence-corrected chi connectivity index (χ4v) is 2.79. The molecule has 0 aliphatic heterocycles. The molecule has 0 radical (unpaired) electrons. The molecule has 0 aliphatic carbocycles. The minimum absolute atomic E-state index is 0.0383. The summed E-state index contributed by atoms with van der Waals surface area (Å²) in [7, 11) is -3.82. The lowest BCUT2D eigenvalue weighted by Gasteiger charge is -2.14. The van der Waals surface area contributed by atoms with Crippen molar-refractivity contribution in [3.63, 3.8) is 0 Å². The monoisotopic (exact) mass is 416 g/mol. The Morgan fingerprint density at radius 2 is 1.73 bits per heavy atom. The van der Waals surface area contributed by atoms with Crippen LogP contribution in [0.2, 0.25) is 10.0 Å². The Balaban J connectivity index is 2.03. The van der Waals surface area contributed by atoms with Gasteiger partial charge in [0, 0.05) is 10.7 Å². The van der Waals surface area contributed by atoms with Crippen molar-refractivity contribution in [3.05, 3.63) is 58.1 Å². The Bertz CT molecular complexity index is 946. The van der Waals surface area contributed by atoms with E-state index in [9.17, 15) is 18.0 Å². The number of sulfonamides is 1. The van der Waals surface area contributed by atoms with Crippen LogP contribution >= 0.6 is 23.2 Å². The molecule has 0 fully saturated rings. The molecule has 10 heteroatoms. The first kappa shape index (κ1) is 20.2. The fourth-order valence-electron chi connectivity index (χ4n) is 1.90. The molecule has 0 aliphatic rings. The van der Waals surface area contributed by atoms with E-state index in [0.717, 1.165) is 0 Å². The van der Waals surface area contributed by atoms with Crippen molar-refractivity contribution in [2.45, 2.75) is 17.9 Å². The summed E-state index contributed by atoms with van der Waals surface area (Å²) in [6.45, 7) is 1.38. The first-order valence-corrected chi connectivity index (χ1v) is 9.48. The Labute approximate surface area is 160 Å². The van der Waals surface area contributed by atoms with Gasteiger partial charge in [0.25, 0.3) is 5.91 Å². The van der Waals surface area contributed by atoms with Crippen LogP contribution < -0.4 is 10.5 Å². The summed E-state index contributed by atoms with van der Waals surface area (Å²) in [5.74, 6) is -1.41. The van der Waals surface area contributed by atoms with Gasteiger partial charge in [-0.2, -0.15) is 0 Å². The molecule has 3 N–H and O–H groups in total. The normalized spacial score (nSPS) is 12.3. The second-order valence-electron chi connectivity index (χ2n) is 5.23. The number of halogens is 2. The second kappa shape index (κ2) is 8.05. The number of carbonyl (C=O) groups excluding carboxylic acids is 2. The topological polar surface area (TPSA) is 116 Å². The summed E-state index contributed by atoms with van der Waals surface area (Å²) in [6, 6.07) is 9.50. The minimum Gasteiger partial charge on any atom is -0.449 e. The molecule has 1 amide bonds. The molecule has 2 rings (SSSR count). The number of benzene rings is 2. The average Bonchev–Trinajstić information content (AvgIpc) is 2.56. The zero-order valence-corrected chi connectivity index (χ0v) is 15.7. The highest BCUT2D eigenvalue weighted by molar-refractivity contribution is 7.89. The third-order valence-corrected chi connectivity index (χ3v) is 4.75. The van der Waals surface area contributed by atoms with Gasteiger partial charge in [0.15, 0.2) is 6.10 Å². The van der Waals surface area contributed by atoms with E-state index in [-0.39, 0.29) is 15.5 Å². The number of nitrogens with two attached hydrogens (primary N) is 1. The van der Waals surface area contributed by atoms with E-state index in [1.807, 2.05) is 0 Å². The lowest BCUT2D eigenvalue weighted by Crippen LogP contribution is -2.30. The van der Waals surface area contributed by atoms with Crippen LogP contribution in [0, 0.1) is 0 Å². The molecule has 26 heavy (non-hydrogen) atoms. The van der Waals surface area contributed by atoms with E-state index in [4.69, 9.17) is 33.1 Å². The highest BCUT2D eigenvalue weighted by Gasteiger charge is 2.21. The molecule has 0 spiro atoms. The largest absolute Gasteiger partial charge is 0.449 e. The number of amides is 1. The number of hydrogen-bond acceptors (Lipinski definition) is 5. The van der Waals surface area contributed by atoms with E-state index in [1.165, 1.54) is 49.4 Å². The first-order valence-electron chi connectivity index (χ1n) is 7.17. The van der Waals surface area contributed by atoms with Gasteiger partial charge in [-0.25, -0.2) is 18.4 Å². The number of nitrogens with one attached hydrogen (secondary N) is 1. The van der Waals surface area contributed by atoms with Crippen molar-refractivity contribution in [1.29, 1.82) is 0 Å². The van der Waals surface area contributed by atoms with Gasteiger partial charge in [0.1, 0.15) is 0 Å². The van der Waals surface area contributed by atoms with Crippen LogP contribution in [0.5, 0.6) is 0 Å². The Kier molecular flexibility index (Phi) is 6.25. The van der Waals surface area contributed by atoms with Crippen LogP contribution in [0.25, 0.3) is 0 Å². The first-order chi connectivity index (χ1) is 12.1. The Morgan fingerprint density at radius 3 is 2.31 bits per heavy atom. The summed E-state index contributed by atoms with van der Waals surface area (Å²) >= 11 is 11.7. The number of primary sulfonamides is 1. The molecule has 0 bridgehead atoms. The van der Waals surface area contributed by atoms with E-state index < -0.39 is 28.0 Å². The molecule has 0 unspecified atom stereocenters. The van der Waals surface area contributed by atoms with Crippen molar-refractivity contribution in [2.75, 3.05) is 5.32 Å². The van der Waals surface area contributed by atoms with Crippen molar-refractivity contribution >= 4 is 50.8 Å². The second-order valence-corrected chi connectivity index (χ2v) is 7.64. The summed E-state index contributed by atoms with van der Waals surface area (Å²) in [6.07, 6.45) is -1.13. The van der Waals surface area contributed by atoms with E-state index in [0.29, 0.717) is 10.7 Å². The summed E-state index contributed by atoms with van der Waals surface area (Å²) in [5, 5.41) is 7.93. The molecule has 7 nitrogen and oxygen atoms in total. The zero-order chi connectivity index (χ0) is 19.5. The van der Waals surface area contributed by atoms with Gasteiger partial charge in [-0.15, -0.1) is 0 Å². The maximum Gasteiger partial charge on any atom is 0.340 e. The average molecular weight is 417 g/mol. The third-order valence-electron chi connectivity index (χ3n) is 3.25. The number of rotatable bonds is 5. The zero-order valence-electron chi connectivity index (χ0n) is 13.4. The van der Waals surface area contributed by atoms with Crippen LogP contribution in [0.3, 0.4) is 0 Å². The van der Waals surface area contributed by atoms with Crippen LogP contribution in [0.1, 0.15) is 17.3 Å². The maximum absolute atomic E-state index is 12.1. The van der Waals surface area contributed by atoms with E-state index in [2.05, 4.69) is 5.32 Å². The van der Waals surface area contributed by atoms with E-state index in [1.54, 1.807) is 0 Å². The molecule has 2 aromatic carbocycles. The summed E-state index contributed by atoms with van der Waals surface area (Å²) < 4.78 is 27.5. The van der Waals surface area contributed by atoms with Crippen LogP contribution in [-0.2, 0) is 19.6 Å². The molecular weight excluding hydrogens is 403 g/mol. The summed E-state index contributed by atoms with van der Waals surface area (Å²) in [5.41, 5.74) is 0.349. The number of ether oxygens (including phenoxy) is 1. The van der Waals surface area contributed by atoms with Crippen molar-refractivity contribution in [3.8, 4) is 0 Å². The third kappa shape index (κ3) is 5.18. The molecule has 1 atom stereocenters. The smallest absolute Gasteiger partial charge is 0.340 e. The molecule has 0 aromatic heterocycles. The van der Waals surface area contributed by atoms with Crippen LogP contribution in [-0.4, -0.2) is 26.4 Å². The Morgan fingerprint density at radius 1 is 1.12 bits per heavy atom. The molecule has 138 valence electrons. The molecule has 0 heterocycles. The van der Waals surface area contributed by atoms with Gasteiger partial charge >= 0.3 is 5.97 Å². The lowest BCUT2D eigenvalue weighted by atomic mass is 10.2. The number of carbonyl (C=O) groups is 2. The van der Waals surface area contributed by atoms with Gasteiger partial charge in [-0.05, 0) is 49.4 Å². The van der Waals surface area contributed by atoms with Crippen molar-refractivity contribution in [1.82, 2.24) is 0 Å². The van der Waals surface area contributed by atoms with Gasteiger partial charge in [-0.1, -0.05) is 23.2 Å².